The van der Waals surface area contributed by atoms with Gasteiger partial charge in [0, 0.05) is 24.8 Å². The SMILES string of the molecule is CCOc1ccc(NC(=O)COC(=O)C2CCN(C(=O)c3cccs3)CC2)cc1OCC. The predicted molar refractivity (Wildman–Crippen MR) is 121 cm³/mol. The minimum absolute atomic E-state index is 0.00651. The Morgan fingerprint density at radius 1 is 1.06 bits per heavy atom. The standard InChI is InChI=1S/C23H28N2O6S/c1-3-29-18-8-7-17(14-19(18)30-4-2)24-21(26)15-31-23(28)16-9-11-25(12-10-16)22(27)20-6-5-13-32-20/h5-8,13-14,16H,3-4,9-12,15H2,1-2H3,(H,24,26). The minimum Gasteiger partial charge on any atom is -0.490 e. The lowest BCUT2D eigenvalue weighted by Crippen LogP contribution is -2.40. The summed E-state index contributed by atoms with van der Waals surface area (Å²) < 4.78 is 16.3. The smallest absolute Gasteiger partial charge is 0.309 e. The number of nitrogens with zero attached hydrogens (tertiary/aromatic N) is 1. The molecule has 172 valence electrons. The highest BCUT2D eigenvalue weighted by atomic mass is 32.1. The number of hydrogen-bond acceptors (Lipinski definition) is 7. The Morgan fingerprint density at radius 2 is 1.78 bits per heavy atom. The monoisotopic (exact) mass is 460 g/mol. The Balaban J connectivity index is 1.44. The van der Waals surface area contributed by atoms with Gasteiger partial charge >= 0.3 is 5.97 Å². The maximum absolute atomic E-state index is 12.4. The zero-order valence-electron chi connectivity index (χ0n) is 18.3. The molecule has 0 bridgehead atoms. The number of likely N-dealkylation sites (tertiary alicyclic amines) is 1. The third kappa shape index (κ3) is 6.23. The molecule has 0 aliphatic carbocycles. The molecule has 0 saturated carbocycles. The van der Waals surface area contributed by atoms with Crippen molar-refractivity contribution >= 4 is 34.8 Å². The van der Waals surface area contributed by atoms with Crippen molar-refractivity contribution in [1.82, 2.24) is 4.90 Å². The van der Waals surface area contributed by atoms with Crippen molar-refractivity contribution in [3.63, 3.8) is 0 Å². The van der Waals surface area contributed by atoms with Crippen LogP contribution in [0.4, 0.5) is 5.69 Å². The molecule has 2 amide bonds. The Kier molecular flexibility index (Phi) is 8.49. The Morgan fingerprint density at radius 3 is 2.44 bits per heavy atom. The number of anilines is 1. The van der Waals surface area contributed by atoms with Crippen LogP contribution < -0.4 is 14.8 Å². The number of hydrogen-bond donors (Lipinski definition) is 1. The van der Waals surface area contributed by atoms with E-state index in [0.29, 0.717) is 61.2 Å². The highest BCUT2D eigenvalue weighted by Crippen LogP contribution is 2.30. The van der Waals surface area contributed by atoms with Crippen LogP contribution in [0.1, 0.15) is 36.4 Å². The fraction of sp³-hybridized carbons (Fsp3) is 0.435. The molecular formula is C23H28N2O6S. The van der Waals surface area contributed by atoms with Crippen LogP contribution in [0.25, 0.3) is 0 Å². The van der Waals surface area contributed by atoms with E-state index in [1.54, 1.807) is 29.2 Å². The molecule has 2 aromatic rings. The van der Waals surface area contributed by atoms with Gasteiger partial charge in [0.05, 0.1) is 24.0 Å². The first kappa shape index (κ1) is 23.6. The van der Waals surface area contributed by atoms with E-state index in [4.69, 9.17) is 14.2 Å². The van der Waals surface area contributed by atoms with Crippen LogP contribution in [0, 0.1) is 5.92 Å². The number of piperidine rings is 1. The van der Waals surface area contributed by atoms with Gasteiger partial charge in [-0.3, -0.25) is 14.4 Å². The van der Waals surface area contributed by atoms with E-state index in [0.717, 1.165) is 0 Å². The summed E-state index contributed by atoms with van der Waals surface area (Å²) in [6, 6.07) is 8.75. The molecule has 1 aromatic carbocycles. The summed E-state index contributed by atoms with van der Waals surface area (Å²) in [6.07, 6.45) is 1.04. The van der Waals surface area contributed by atoms with Crippen LogP contribution in [-0.4, -0.2) is 55.6 Å². The quantitative estimate of drug-likeness (QED) is 0.575. The molecule has 1 aliphatic heterocycles. The minimum atomic E-state index is -0.435. The van der Waals surface area contributed by atoms with Gasteiger partial charge < -0.3 is 24.4 Å². The molecule has 32 heavy (non-hydrogen) atoms. The first-order chi connectivity index (χ1) is 15.5. The maximum Gasteiger partial charge on any atom is 0.309 e. The molecule has 2 heterocycles. The average molecular weight is 461 g/mol. The third-order valence-corrected chi connectivity index (χ3v) is 5.88. The number of rotatable bonds is 9. The maximum atomic E-state index is 12.4. The van der Waals surface area contributed by atoms with E-state index >= 15 is 0 Å². The van der Waals surface area contributed by atoms with Crippen LogP contribution in [0.3, 0.4) is 0 Å². The summed E-state index contributed by atoms with van der Waals surface area (Å²) in [5, 5.41) is 4.57. The molecule has 1 fully saturated rings. The predicted octanol–water partition coefficient (Wildman–Crippen LogP) is 3.58. The molecule has 1 saturated heterocycles. The molecule has 9 heteroatoms. The lowest BCUT2D eigenvalue weighted by molar-refractivity contribution is -0.152. The average Bonchev–Trinajstić information content (AvgIpc) is 3.34. The molecule has 0 unspecified atom stereocenters. The summed E-state index contributed by atoms with van der Waals surface area (Å²) in [7, 11) is 0. The molecule has 8 nitrogen and oxygen atoms in total. The van der Waals surface area contributed by atoms with E-state index in [-0.39, 0.29) is 18.4 Å². The van der Waals surface area contributed by atoms with E-state index in [2.05, 4.69) is 5.32 Å². The highest BCUT2D eigenvalue weighted by molar-refractivity contribution is 7.12. The van der Waals surface area contributed by atoms with Crippen molar-refractivity contribution in [2.75, 3.05) is 38.2 Å². The highest BCUT2D eigenvalue weighted by Gasteiger charge is 2.29. The number of amides is 2. The molecule has 1 aromatic heterocycles. The van der Waals surface area contributed by atoms with Gasteiger partial charge in [-0.05, 0) is 50.3 Å². The Bertz CT molecular complexity index is 923. The first-order valence-corrected chi connectivity index (χ1v) is 11.6. The fourth-order valence-corrected chi connectivity index (χ4v) is 4.15. The topological polar surface area (TPSA) is 94.2 Å². The molecule has 3 rings (SSSR count). The van der Waals surface area contributed by atoms with Crippen LogP contribution in [-0.2, 0) is 14.3 Å². The number of thiophene rings is 1. The summed E-state index contributed by atoms with van der Waals surface area (Å²) >= 11 is 1.41. The van der Waals surface area contributed by atoms with Crippen molar-refractivity contribution in [3.8, 4) is 11.5 Å². The summed E-state index contributed by atoms with van der Waals surface area (Å²) in [5.74, 6) is -0.0331. The molecule has 0 atom stereocenters. The van der Waals surface area contributed by atoms with Crippen molar-refractivity contribution in [2.45, 2.75) is 26.7 Å². The zero-order valence-corrected chi connectivity index (χ0v) is 19.1. The van der Waals surface area contributed by atoms with E-state index in [1.165, 1.54) is 11.3 Å². The normalized spacial score (nSPS) is 14.0. The van der Waals surface area contributed by atoms with Gasteiger partial charge in [0.25, 0.3) is 11.8 Å². The van der Waals surface area contributed by atoms with Crippen LogP contribution in [0.5, 0.6) is 11.5 Å². The third-order valence-electron chi connectivity index (χ3n) is 5.02. The summed E-state index contributed by atoms with van der Waals surface area (Å²) in [6.45, 7) is 5.33. The molecule has 1 N–H and O–H groups in total. The van der Waals surface area contributed by atoms with Gasteiger partial charge in [-0.25, -0.2) is 0 Å². The van der Waals surface area contributed by atoms with Crippen LogP contribution in [0.15, 0.2) is 35.7 Å². The zero-order chi connectivity index (χ0) is 22.9. The van der Waals surface area contributed by atoms with E-state index in [1.807, 2.05) is 25.3 Å². The van der Waals surface area contributed by atoms with Crippen molar-refractivity contribution in [1.29, 1.82) is 0 Å². The van der Waals surface area contributed by atoms with E-state index < -0.39 is 11.9 Å². The summed E-state index contributed by atoms with van der Waals surface area (Å²) in [4.78, 5) is 39.5. The number of ether oxygens (including phenoxy) is 3. The van der Waals surface area contributed by atoms with E-state index in [9.17, 15) is 14.4 Å². The number of nitrogens with one attached hydrogen (secondary N) is 1. The van der Waals surface area contributed by atoms with Crippen LogP contribution >= 0.6 is 11.3 Å². The summed E-state index contributed by atoms with van der Waals surface area (Å²) in [5.41, 5.74) is 0.526. The fourth-order valence-electron chi connectivity index (χ4n) is 3.45. The van der Waals surface area contributed by atoms with Gasteiger partial charge in [-0.15, -0.1) is 11.3 Å². The lowest BCUT2D eigenvalue weighted by atomic mass is 9.97. The second-order valence-electron chi connectivity index (χ2n) is 7.23. The van der Waals surface area contributed by atoms with Crippen molar-refractivity contribution < 1.29 is 28.6 Å². The molecule has 1 aliphatic rings. The number of carbonyl (C=O) groups is 3. The number of benzene rings is 1. The number of carbonyl (C=O) groups excluding carboxylic acids is 3. The molecule has 0 radical (unpaired) electrons. The lowest BCUT2D eigenvalue weighted by Gasteiger charge is -2.30. The van der Waals surface area contributed by atoms with Gasteiger partial charge in [-0.2, -0.15) is 0 Å². The second kappa shape index (κ2) is 11.5. The second-order valence-corrected chi connectivity index (χ2v) is 8.17. The number of esters is 1. The van der Waals surface area contributed by atoms with Crippen molar-refractivity contribution in [2.24, 2.45) is 5.92 Å². The first-order valence-electron chi connectivity index (χ1n) is 10.7. The largest absolute Gasteiger partial charge is 0.490 e. The van der Waals surface area contributed by atoms with Crippen molar-refractivity contribution in [3.05, 3.63) is 40.6 Å². The van der Waals surface area contributed by atoms with Gasteiger partial charge in [-0.1, -0.05) is 6.07 Å². The van der Waals surface area contributed by atoms with Gasteiger partial charge in [0.15, 0.2) is 18.1 Å². The van der Waals surface area contributed by atoms with Gasteiger partial charge in [0.1, 0.15) is 0 Å². The molecular weight excluding hydrogens is 432 g/mol. The Labute approximate surface area is 191 Å². The Hall–Kier alpha value is -3.07. The van der Waals surface area contributed by atoms with Gasteiger partial charge in [0.2, 0.25) is 0 Å². The molecule has 0 spiro atoms. The van der Waals surface area contributed by atoms with Crippen LogP contribution in [0.2, 0.25) is 0 Å².